The van der Waals surface area contributed by atoms with E-state index >= 15 is 0 Å². The molecule has 0 unspecified atom stereocenters. The van der Waals surface area contributed by atoms with Crippen molar-refractivity contribution in [3.63, 3.8) is 0 Å². The van der Waals surface area contributed by atoms with Gasteiger partial charge in [0.05, 0.1) is 22.1 Å². The number of hydrogen-bond donors (Lipinski definition) is 0. The Labute approximate surface area is 235 Å². The van der Waals surface area contributed by atoms with E-state index in [9.17, 15) is 0 Å². The van der Waals surface area contributed by atoms with Crippen LogP contribution in [0.3, 0.4) is 0 Å². The number of hydrogen-bond acceptors (Lipinski definition) is 2. The molecule has 0 saturated carbocycles. The molecule has 9 aromatic rings. The van der Waals surface area contributed by atoms with Crippen molar-refractivity contribution in [1.29, 1.82) is 0 Å². The molecule has 9 rings (SSSR count). The molecule has 6 aromatic carbocycles. The molecule has 0 fully saturated rings. The standard InChI is InChI=1S/C37H23N3O/c1-2-10-24(11-3-1)37-38-31-14-6-9-17-34(31)40(37)26-19-21-36-30(23-26)29-22-25(18-20-35(29)41-36)39-32-15-7-4-12-27(32)28-13-5-8-16-33(28)39/h1-23H. The Balaban J connectivity index is 1.30. The summed E-state index contributed by atoms with van der Waals surface area (Å²) in [6.45, 7) is 0. The second-order valence-corrected chi connectivity index (χ2v) is 10.5. The molecule has 3 aromatic heterocycles. The van der Waals surface area contributed by atoms with E-state index in [4.69, 9.17) is 9.40 Å². The van der Waals surface area contributed by atoms with Crippen molar-refractivity contribution < 1.29 is 4.42 Å². The Hall–Kier alpha value is -5.61. The van der Waals surface area contributed by atoms with E-state index in [1.165, 1.54) is 21.8 Å². The van der Waals surface area contributed by atoms with Crippen LogP contribution in [0.1, 0.15) is 0 Å². The first-order valence-electron chi connectivity index (χ1n) is 13.8. The fourth-order valence-electron chi connectivity index (χ4n) is 6.30. The first-order valence-corrected chi connectivity index (χ1v) is 13.8. The van der Waals surface area contributed by atoms with E-state index in [0.29, 0.717) is 0 Å². The fourth-order valence-corrected chi connectivity index (χ4v) is 6.30. The van der Waals surface area contributed by atoms with Crippen molar-refractivity contribution in [3.8, 4) is 22.8 Å². The van der Waals surface area contributed by atoms with Crippen molar-refractivity contribution in [3.05, 3.63) is 140 Å². The van der Waals surface area contributed by atoms with Gasteiger partial charge >= 0.3 is 0 Å². The first-order chi connectivity index (χ1) is 20.3. The van der Waals surface area contributed by atoms with Gasteiger partial charge in [0.2, 0.25) is 0 Å². The maximum atomic E-state index is 6.34. The van der Waals surface area contributed by atoms with Crippen LogP contribution in [0.5, 0.6) is 0 Å². The zero-order chi connectivity index (χ0) is 26.9. The summed E-state index contributed by atoms with van der Waals surface area (Å²) in [6, 6.07) is 48.8. The van der Waals surface area contributed by atoms with E-state index in [-0.39, 0.29) is 0 Å². The summed E-state index contributed by atoms with van der Waals surface area (Å²) >= 11 is 0. The maximum absolute atomic E-state index is 6.34. The van der Waals surface area contributed by atoms with E-state index in [1.54, 1.807) is 0 Å². The van der Waals surface area contributed by atoms with Gasteiger partial charge in [-0.1, -0.05) is 78.9 Å². The Bertz CT molecular complexity index is 2370. The fraction of sp³-hybridized carbons (Fsp3) is 0. The predicted octanol–water partition coefficient (Wildman–Crippen LogP) is 9.69. The second kappa shape index (κ2) is 8.44. The van der Waals surface area contributed by atoms with Crippen LogP contribution in [0.25, 0.3) is 77.5 Å². The summed E-state index contributed by atoms with van der Waals surface area (Å²) < 4.78 is 10.9. The summed E-state index contributed by atoms with van der Waals surface area (Å²) in [4.78, 5) is 5.03. The molecule has 0 aliphatic carbocycles. The van der Waals surface area contributed by atoms with Crippen LogP contribution >= 0.6 is 0 Å². The maximum Gasteiger partial charge on any atom is 0.145 e. The Kier molecular flexibility index (Phi) is 4.58. The lowest BCUT2D eigenvalue weighted by Gasteiger charge is -2.10. The third-order valence-electron chi connectivity index (χ3n) is 8.13. The summed E-state index contributed by atoms with van der Waals surface area (Å²) in [5, 5.41) is 4.68. The van der Waals surface area contributed by atoms with Gasteiger partial charge in [0.1, 0.15) is 17.0 Å². The number of benzene rings is 6. The molecule has 0 aliphatic rings. The number of rotatable bonds is 3. The van der Waals surface area contributed by atoms with Gasteiger partial charge in [-0.3, -0.25) is 4.57 Å². The van der Waals surface area contributed by atoms with Crippen LogP contribution in [-0.4, -0.2) is 14.1 Å². The number of fused-ring (bicyclic) bond motifs is 7. The third kappa shape index (κ3) is 3.25. The molecule has 0 N–H and O–H groups in total. The van der Waals surface area contributed by atoms with Crippen LogP contribution in [0.15, 0.2) is 144 Å². The third-order valence-corrected chi connectivity index (χ3v) is 8.13. The molecule has 4 heteroatoms. The van der Waals surface area contributed by atoms with Gasteiger partial charge in [-0.15, -0.1) is 0 Å². The SMILES string of the molecule is c1ccc(-c2nc3ccccc3n2-c2ccc3oc4ccc(-n5c6ccccc6c6ccccc65)cc4c3c2)cc1. The van der Waals surface area contributed by atoms with Gasteiger partial charge in [0, 0.05) is 38.5 Å². The minimum atomic E-state index is 0.869. The zero-order valence-corrected chi connectivity index (χ0v) is 22.0. The molecule has 0 spiro atoms. The minimum absolute atomic E-state index is 0.869. The van der Waals surface area contributed by atoms with E-state index in [2.05, 4.69) is 137 Å². The van der Waals surface area contributed by atoms with Crippen molar-refractivity contribution in [2.45, 2.75) is 0 Å². The molecule has 192 valence electrons. The van der Waals surface area contributed by atoms with Crippen LogP contribution < -0.4 is 0 Å². The lowest BCUT2D eigenvalue weighted by atomic mass is 10.1. The summed E-state index contributed by atoms with van der Waals surface area (Å²) in [7, 11) is 0. The van der Waals surface area contributed by atoms with Crippen molar-refractivity contribution >= 4 is 54.8 Å². The van der Waals surface area contributed by atoms with E-state index in [0.717, 1.165) is 55.7 Å². The average Bonchev–Trinajstić information content (AvgIpc) is 3.70. The molecule has 41 heavy (non-hydrogen) atoms. The molecule has 0 bridgehead atoms. The number of imidazole rings is 1. The van der Waals surface area contributed by atoms with Gasteiger partial charge in [0.25, 0.3) is 0 Å². The largest absolute Gasteiger partial charge is 0.456 e. The number of furan rings is 1. The lowest BCUT2D eigenvalue weighted by molar-refractivity contribution is 0.669. The molecule has 0 saturated heterocycles. The van der Waals surface area contributed by atoms with Crippen LogP contribution in [0.4, 0.5) is 0 Å². The quantitative estimate of drug-likeness (QED) is 0.230. The van der Waals surface area contributed by atoms with Crippen LogP contribution in [0.2, 0.25) is 0 Å². The van der Waals surface area contributed by atoms with E-state index in [1.807, 2.05) is 12.1 Å². The highest BCUT2D eigenvalue weighted by atomic mass is 16.3. The molecule has 0 atom stereocenters. The highest BCUT2D eigenvalue weighted by molar-refractivity contribution is 6.10. The first kappa shape index (κ1) is 22.2. The zero-order valence-electron chi connectivity index (χ0n) is 22.0. The van der Waals surface area contributed by atoms with Gasteiger partial charge in [-0.05, 0) is 60.7 Å². The van der Waals surface area contributed by atoms with Crippen LogP contribution in [-0.2, 0) is 0 Å². The molecule has 4 nitrogen and oxygen atoms in total. The van der Waals surface area contributed by atoms with Crippen LogP contribution in [0, 0.1) is 0 Å². The highest BCUT2D eigenvalue weighted by Gasteiger charge is 2.17. The average molecular weight is 526 g/mol. The molecule has 3 heterocycles. The molecule has 0 aliphatic heterocycles. The number of para-hydroxylation sites is 4. The smallest absolute Gasteiger partial charge is 0.145 e. The summed E-state index contributed by atoms with van der Waals surface area (Å²) in [5.74, 6) is 0.921. The normalized spacial score (nSPS) is 11.9. The molecular formula is C37H23N3O. The van der Waals surface area contributed by atoms with E-state index < -0.39 is 0 Å². The predicted molar refractivity (Wildman–Crippen MR) is 168 cm³/mol. The lowest BCUT2D eigenvalue weighted by Crippen LogP contribution is -1.97. The van der Waals surface area contributed by atoms with Gasteiger partial charge in [-0.25, -0.2) is 4.98 Å². The van der Waals surface area contributed by atoms with Gasteiger partial charge in [0.15, 0.2) is 0 Å². The molecule has 0 radical (unpaired) electrons. The monoisotopic (exact) mass is 525 g/mol. The Morgan fingerprint density at radius 2 is 0.976 bits per heavy atom. The summed E-state index contributed by atoms with van der Waals surface area (Å²) in [6.07, 6.45) is 0. The number of nitrogens with zero attached hydrogens (tertiary/aromatic N) is 3. The Morgan fingerprint density at radius 3 is 1.63 bits per heavy atom. The van der Waals surface area contributed by atoms with Crippen molar-refractivity contribution in [1.82, 2.24) is 14.1 Å². The van der Waals surface area contributed by atoms with Gasteiger partial charge < -0.3 is 8.98 Å². The van der Waals surface area contributed by atoms with Crippen molar-refractivity contribution in [2.75, 3.05) is 0 Å². The van der Waals surface area contributed by atoms with Gasteiger partial charge in [-0.2, -0.15) is 0 Å². The summed E-state index contributed by atoms with van der Waals surface area (Å²) in [5.41, 5.74) is 9.42. The minimum Gasteiger partial charge on any atom is -0.456 e. The highest BCUT2D eigenvalue weighted by Crippen LogP contribution is 2.37. The Morgan fingerprint density at radius 1 is 0.439 bits per heavy atom. The topological polar surface area (TPSA) is 35.9 Å². The second-order valence-electron chi connectivity index (χ2n) is 10.5. The van der Waals surface area contributed by atoms with Crippen molar-refractivity contribution in [2.24, 2.45) is 0 Å². The number of aromatic nitrogens is 3. The molecule has 0 amide bonds. The molecular weight excluding hydrogens is 502 g/mol.